The summed E-state index contributed by atoms with van der Waals surface area (Å²) < 4.78 is 7.27. The molecule has 3 rings (SSSR count). The lowest BCUT2D eigenvalue weighted by molar-refractivity contribution is 0.119. The predicted octanol–water partition coefficient (Wildman–Crippen LogP) is 3.57. The minimum absolute atomic E-state index is 0.0142. The average Bonchev–Trinajstić information content (AvgIpc) is 2.96. The molecule has 6 heteroatoms. The third kappa shape index (κ3) is 3.71. The number of hydrogen-bond acceptors (Lipinski definition) is 3. The van der Waals surface area contributed by atoms with Crippen LogP contribution in [-0.2, 0) is 17.7 Å². The van der Waals surface area contributed by atoms with Crippen molar-refractivity contribution in [1.29, 1.82) is 0 Å². The van der Waals surface area contributed by atoms with E-state index in [1.165, 1.54) is 12.1 Å². The molecule has 23 heavy (non-hydrogen) atoms. The van der Waals surface area contributed by atoms with Gasteiger partial charge in [-0.2, -0.15) is 5.10 Å². The maximum absolute atomic E-state index is 12.1. The van der Waals surface area contributed by atoms with Crippen LogP contribution in [0.15, 0.2) is 30.3 Å². The highest BCUT2D eigenvalue weighted by Crippen LogP contribution is 2.20. The maximum Gasteiger partial charge on any atom is 0.324 e. The summed E-state index contributed by atoms with van der Waals surface area (Å²) in [6.07, 6.45) is 3.33. The number of aromatic nitrogens is 2. The zero-order valence-electron chi connectivity index (χ0n) is 13.5. The van der Waals surface area contributed by atoms with Crippen LogP contribution in [0.4, 0.5) is 16.3 Å². The zero-order chi connectivity index (χ0) is 16.2. The average molecular weight is 314 g/mol. The molecule has 122 valence electrons. The van der Waals surface area contributed by atoms with E-state index < -0.39 is 0 Å². The van der Waals surface area contributed by atoms with Gasteiger partial charge in [-0.15, -0.1) is 0 Å². The molecule has 1 atom stereocenters. The van der Waals surface area contributed by atoms with Crippen molar-refractivity contribution in [2.45, 2.75) is 38.8 Å². The SMILES string of the molecule is CO[C@@H](C)c1cccc(NC(=O)Nc2cc3n(n2)CCCC3)c1. The van der Waals surface area contributed by atoms with Gasteiger partial charge in [-0.1, -0.05) is 12.1 Å². The number of methoxy groups -OCH3 is 1. The first kappa shape index (κ1) is 15.6. The molecule has 2 aromatic rings. The Labute approximate surface area is 135 Å². The number of anilines is 2. The largest absolute Gasteiger partial charge is 0.377 e. The van der Waals surface area contributed by atoms with Gasteiger partial charge in [0.25, 0.3) is 0 Å². The van der Waals surface area contributed by atoms with Gasteiger partial charge in [0.05, 0.1) is 6.10 Å². The van der Waals surface area contributed by atoms with Crippen molar-refractivity contribution < 1.29 is 9.53 Å². The fraction of sp³-hybridized carbons (Fsp3) is 0.412. The molecule has 0 bridgehead atoms. The van der Waals surface area contributed by atoms with Crippen LogP contribution in [0.2, 0.25) is 0 Å². The highest BCUT2D eigenvalue weighted by Gasteiger charge is 2.14. The summed E-state index contributed by atoms with van der Waals surface area (Å²) in [6, 6.07) is 9.29. The Morgan fingerprint density at radius 2 is 2.17 bits per heavy atom. The third-order valence-electron chi connectivity index (χ3n) is 4.13. The van der Waals surface area contributed by atoms with Gasteiger partial charge in [0, 0.05) is 31.1 Å². The molecule has 2 N–H and O–H groups in total. The fourth-order valence-corrected chi connectivity index (χ4v) is 2.76. The topological polar surface area (TPSA) is 68.2 Å². The van der Waals surface area contributed by atoms with Gasteiger partial charge in [-0.3, -0.25) is 10.00 Å². The lowest BCUT2D eigenvalue weighted by atomic mass is 10.1. The Kier molecular flexibility index (Phi) is 4.62. The quantitative estimate of drug-likeness (QED) is 0.906. The molecular formula is C17H22N4O2. The molecule has 1 aliphatic rings. The van der Waals surface area contributed by atoms with Gasteiger partial charge < -0.3 is 10.1 Å². The molecule has 6 nitrogen and oxygen atoms in total. The predicted molar refractivity (Wildman–Crippen MR) is 89.7 cm³/mol. The summed E-state index contributed by atoms with van der Waals surface area (Å²) in [5.41, 5.74) is 2.93. The van der Waals surface area contributed by atoms with Crippen LogP contribution in [0, 0.1) is 0 Å². The Bertz CT molecular complexity index is 672. The second kappa shape index (κ2) is 6.83. The van der Waals surface area contributed by atoms with E-state index in [9.17, 15) is 4.79 Å². The summed E-state index contributed by atoms with van der Waals surface area (Å²) >= 11 is 0. The molecule has 2 amide bonds. The van der Waals surface area contributed by atoms with Crippen LogP contribution in [0.25, 0.3) is 0 Å². The van der Waals surface area contributed by atoms with Crippen LogP contribution in [0.1, 0.15) is 37.1 Å². The molecule has 2 heterocycles. The van der Waals surface area contributed by atoms with Gasteiger partial charge in [0.15, 0.2) is 5.82 Å². The number of fused-ring (bicyclic) bond motifs is 1. The minimum Gasteiger partial charge on any atom is -0.377 e. The summed E-state index contributed by atoms with van der Waals surface area (Å²) in [5.74, 6) is 0.598. The number of carbonyl (C=O) groups is 1. The van der Waals surface area contributed by atoms with Crippen molar-refractivity contribution in [2.75, 3.05) is 17.7 Å². The Hall–Kier alpha value is -2.34. The van der Waals surface area contributed by atoms with Crippen LogP contribution in [0.3, 0.4) is 0 Å². The molecule has 0 radical (unpaired) electrons. The van der Waals surface area contributed by atoms with Gasteiger partial charge >= 0.3 is 6.03 Å². The lowest BCUT2D eigenvalue weighted by Gasteiger charge is -2.12. The van der Waals surface area contributed by atoms with Gasteiger partial charge in [-0.05, 0) is 43.9 Å². The molecule has 0 aliphatic carbocycles. The molecule has 1 aliphatic heterocycles. The number of amides is 2. The number of benzene rings is 1. The number of nitrogens with one attached hydrogen (secondary N) is 2. The van der Waals surface area contributed by atoms with E-state index >= 15 is 0 Å². The smallest absolute Gasteiger partial charge is 0.324 e. The van der Waals surface area contributed by atoms with E-state index in [-0.39, 0.29) is 12.1 Å². The number of carbonyl (C=O) groups excluding carboxylic acids is 1. The van der Waals surface area contributed by atoms with Crippen LogP contribution in [0.5, 0.6) is 0 Å². The number of aryl methyl sites for hydroxylation is 2. The highest BCUT2D eigenvalue weighted by molar-refractivity contribution is 5.99. The first-order valence-electron chi connectivity index (χ1n) is 7.93. The lowest BCUT2D eigenvalue weighted by Crippen LogP contribution is -2.20. The van der Waals surface area contributed by atoms with Gasteiger partial charge in [0.2, 0.25) is 0 Å². The van der Waals surface area contributed by atoms with Crippen molar-refractivity contribution in [2.24, 2.45) is 0 Å². The maximum atomic E-state index is 12.1. The Balaban J connectivity index is 1.64. The minimum atomic E-state index is -0.289. The van der Waals surface area contributed by atoms with Crippen LogP contribution < -0.4 is 10.6 Å². The molecule has 1 aromatic heterocycles. The zero-order valence-corrected chi connectivity index (χ0v) is 13.5. The van der Waals surface area contributed by atoms with Crippen LogP contribution >= 0.6 is 0 Å². The monoisotopic (exact) mass is 314 g/mol. The normalized spacial score (nSPS) is 14.9. The first-order valence-corrected chi connectivity index (χ1v) is 7.93. The van der Waals surface area contributed by atoms with Crippen molar-refractivity contribution in [1.82, 2.24) is 9.78 Å². The second-order valence-corrected chi connectivity index (χ2v) is 5.78. The number of ether oxygens (including phenoxy) is 1. The van der Waals surface area contributed by atoms with E-state index in [1.54, 1.807) is 7.11 Å². The third-order valence-corrected chi connectivity index (χ3v) is 4.13. The molecule has 0 saturated heterocycles. The second-order valence-electron chi connectivity index (χ2n) is 5.78. The van der Waals surface area contributed by atoms with Gasteiger partial charge in [0.1, 0.15) is 0 Å². The molecule has 1 aromatic carbocycles. The standard InChI is InChI=1S/C17H22N4O2/c1-12(23-2)13-6-5-7-14(10-13)18-17(22)19-16-11-15-8-3-4-9-21(15)20-16/h5-7,10-12H,3-4,8-9H2,1-2H3,(H2,18,19,20,22)/t12-/m0/s1. The molecule has 0 fully saturated rings. The van der Waals surface area contributed by atoms with Crippen molar-refractivity contribution >= 4 is 17.5 Å². The summed E-state index contributed by atoms with van der Waals surface area (Å²) in [6.45, 7) is 2.89. The summed E-state index contributed by atoms with van der Waals surface area (Å²) in [7, 11) is 1.66. The van der Waals surface area contributed by atoms with E-state index in [0.29, 0.717) is 5.82 Å². The Morgan fingerprint density at radius 3 is 2.96 bits per heavy atom. The Morgan fingerprint density at radius 1 is 1.30 bits per heavy atom. The number of urea groups is 1. The highest BCUT2D eigenvalue weighted by atomic mass is 16.5. The summed E-state index contributed by atoms with van der Waals surface area (Å²) in [4.78, 5) is 12.1. The van der Waals surface area contributed by atoms with E-state index in [2.05, 4.69) is 15.7 Å². The van der Waals surface area contributed by atoms with Crippen molar-refractivity contribution in [3.63, 3.8) is 0 Å². The number of rotatable bonds is 4. The van der Waals surface area contributed by atoms with E-state index in [0.717, 1.165) is 30.6 Å². The molecule has 0 saturated carbocycles. The molecular weight excluding hydrogens is 292 g/mol. The fourth-order valence-electron chi connectivity index (χ4n) is 2.76. The molecule has 0 spiro atoms. The first-order chi connectivity index (χ1) is 11.2. The van der Waals surface area contributed by atoms with Gasteiger partial charge in [-0.25, -0.2) is 4.79 Å². The van der Waals surface area contributed by atoms with Crippen molar-refractivity contribution in [3.05, 3.63) is 41.6 Å². The van der Waals surface area contributed by atoms with E-state index in [4.69, 9.17) is 4.74 Å². The number of nitrogens with zero attached hydrogens (tertiary/aromatic N) is 2. The van der Waals surface area contributed by atoms with E-state index in [1.807, 2.05) is 41.9 Å². The molecule has 0 unspecified atom stereocenters. The number of hydrogen-bond donors (Lipinski definition) is 2. The van der Waals surface area contributed by atoms with Crippen molar-refractivity contribution in [3.8, 4) is 0 Å². The van der Waals surface area contributed by atoms with Crippen LogP contribution in [-0.4, -0.2) is 22.9 Å². The summed E-state index contributed by atoms with van der Waals surface area (Å²) in [5, 5.41) is 10.0.